The van der Waals surface area contributed by atoms with Crippen molar-refractivity contribution in [2.75, 3.05) is 26.4 Å². The van der Waals surface area contributed by atoms with Gasteiger partial charge in [-0.15, -0.1) is 0 Å². The summed E-state index contributed by atoms with van der Waals surface area (Å²) in [5.74, 6) is 0.854. The highest BCUT2D eigenvalue weighted by Crippen LogP contribution is 2.26. The topological polar surface area (TPSA) is 65.5 Å². The fourth-order valence-electron chi connectivity index (χ4n) is 3.31. The van der Waals surface area contributed by atoms with Crippen LogP contribution in [0, 0.1) is 0 Å². The predicted octanol–water partition coefficient (Wildman–Crippen LogP) is 2.82. The first-order valence-electron chi connectivity index (χ1n) is 9.55. The Labute approximate surface area is 161 Å². The van der Waals surface area contributed by atoms with Crippen molar-refractivity contribution < 1.29 is 4.79 Å². The molecule has 0 aromatic heterocycles. The number of amides is 1. The van der Waals surface area contributed by atoms with E-state index >= 15 is 0 Å². The Bertz CT molecular complexity index is 605. The minimum Gasteiger partial charge on any atom is -0.357 e. The van der Waals surface area contributed by atoms with Gasteiger partial charge in [-0.3, -0.25) is 9.79 Å². The van der Waals surface area contributed by atoms with E-state index in [-0.39, 0.29) is 5.91 Å². The van der Waals surface area contributed by atoms with Gasteiger partial charge in [0.25, 0.3) is 5.91 Å². The lowest BCUT2D eigenvalue weighted by Gasteiger charge is -2.29. The zero-order valence-electron chi connectivity index (χ0n) is 16.2. The van der Waals surface area contributed by atoms with Crippen molar-refractivity contribution in [2.45, 2.75) is 50.3 Å². The number of aliphatic imine (C=N–C) groups is 1. The average molecular weight is 377 g/mol. The van der Waals surface area contributed by atoms with Crippen LogP contribution in [0.3, 0.4) is 0 Å². The molecule has 0 aliphatic heterocycles. The number of hydrogen-bond acceptors (Lipinski definition) is 3. The van der Waals surface area contributed by atoms with E-state index in [1.165, 1.54) is 25.7 Å². The second kappa shape index (κ2) is 11.1. The van der Waals surface area contributed by atoms with Gasteiger partial charge in [0.1, 0.15) is 0 Å². The van der Waals surface area contributed by atoms with Gasteiger partial charge in [-0.2, -0.15) is 11.8 Å². The number of carbonyl (C=O) groups excluding carboxylic acids is 1. The van der Waals surface area contributed by atoms with Crippen LogP contribution < -0.4 is 16.0 Å². The highest BCUT2D eigenvalue weighted by molar-refractivity contribution is 7.99. The van der Waals surface area contributed by atoms with Crippen LogP contribution in [0.2, 0.25) is 0 Å². The van der Waals surface area contributed by atoms with Crippen LogP contribution in [-0.2, 0) is 6.42 Å². The number of guanidine groups is 1. The van der Waals surface area contributed by atoms with Crippen molar-refractivity contribution in [3.63, 3.8) is 0 Å². The maximum Gasteiger partial charge on any atom is 0.251 e. The number of thioether (sulfide) groups is 1. The minimum atomic E-state index is -0.0500. The van der Waals surface area contributed by atoms with Crippen molar-refractivity contribution in [3.8, 4) is 0 Å². The summed E-state index contributed by atoms with van der Waals surface area (Å²) in [6.07, 6.45) is 8.07. The largest absolute Gasteiger partial charge is 0.357 e. The Morgan fingerprint density at radius 3 is 2.92 bits per heavy atom. The van der Waals surface area contributed by atoms with Crippen LogP contribution in [0.1, 0.15) is 48.5 Å². The number of hydrogen-bond donors (Lipinski definition) is 3. The molecule has 2 atom stereocenters. The quantitative estimate of drug-likeness (QED) is 0.506. The standard InChI is InChI=1S/C20H32N4OS/c1-4-22-20(24-17-9-6-10-18(14-17)26-3)23-12-11-15-7-5-8-16(13-15)19(25)21-2/h5,7-8,13,17-18H,4,6,9-12,14H2,1-3H3,(H,21,25)(H2,22,23,24). The van der Waals surface area contributed by atoms with E-state index < -0.39 is 0 Å². The average Bonchev–Trinajstić information content (AvgIpc) is 2.68. The first-order valence-corrected chi connectivity index (χ1v) is 10.8. The van der Waals surface area contributed by atoms with Crippen LogP contribution in [0.15, 0.2) is 29.3 Å². The molecule has 1 aliphatic rings. The summed E-state index contributed by atoms with van der Waals surface area (Å²) in [7, 11) is 1.65. The van der Waals surface area contributed by atoms with E-state index in [4.69, 9.17) is 4.99 Å². The lowest BCUT2D eigenvalue weighted by molar-refractivity contribution is 0.0963. The van der Waals surface area contributed by atoms with E-state index in [1.54, 1.807) is 7.05 Å². The third kappa shape index (κ3) is 6.56. The maximum atomic E-state index is 11.7. The zero-order valence-corrected chi connectivity index (χ0v) is 17.0. The SMILES string of the molecule is CCNC(=NCCc1cccc(C(=O)NC)c1)NC1CCCC(SC)C1. The van der Waals surface area contributed by atoms with Crippen LogP contribution in [-0.4, -0.2) is 49.6 Å². The molecule has 2 unspecified atom stereocenters. The highest BCUT2D eigenvalue weighted by Gasteiger charge is 2.21. The van der Waals surface area contributed by atoms with Crippen molar-refractivity contribution in [1.29, 1.82) is 0 Å². The smallest absolute Gasteiger partial charge is 0.251 e. The highest BCUT2D eigenvalue weighted by atomic mass is 32.2. The van der Waals surface area contributed by atoms with Crippen LogP contribution in [0.4, 0.5) is 0 Å². The molecule has 0 spiro atoms. The molecule has 1 fully saturated rings. The molecule has 0 saturated heterocycles. The van der Waals surface area contributed by atoms with E-state index in [2.05, 4.69) is 29.1 Å². The van der Waals surface area contributed by atoms with Gasteiger partial charge in [-0.25, -0.2) is 0 Å². The Morgan fingerprint density at radius 2 is 2.19 bits per heavy atom. The van der Waals surface area contributed by atoms with E-state index in [9.17, 15) is 4.79 Å². The molecule has 0 heterocycles. The Morgan fingerprint density at radius 1 is 1.35 bits per heavy atom. The molecule has 0 bridgehead atoms. The summed E-state index contributed by atoms with van der Waals surface area (Å²) in [5.41, 5.74) is 1.83. The normalized spacial score (nSPS) is 20.5. The van der Waals surface area contributed by atoms with Gasteiger partial charge in [0.2, 0.25) is 0 Å². The van der Waals surface area contributed by atoms with Gasteiger partial charge in [-0.05, 0) is 56.6 Å². The maximum absolute atomic E-state index is 11.7. The molecule has 1 aromatic carbocycles. The number of benzene rings is 1. The zero-order chi connectivity index (χ0) is 18.8. The van der Waals surface area contributed by atoms with Gasteiger partial charge >= 0.3 is 0 Å². The van der Waals surface area contributed by atoms with Crippen LogP contribution in [0.5, 0.6) is 0 Å². The second-order valence-corrected chi connectivity index (χ2v) is 7.79. The molecule has 5 nitrogen and oxygen atoms in total. The first kappa shape index (κ1) is 20.6. The summed E-state index contributed by atoms with van der Waals surface area (Å²) in [6, 6.07) is 8.27. The van der Waals surface area contributed by atoms with Crippen molar-refractivity contribution in [2.24, 2.45) is 4.99 Å². The predicted molar refractivity (Wildman–Crippen MR) is 112 cm³/mol. The van der Waals surface area contributed by atoms with Gasteiger partial charge < -0.3 is 16.0 Å². The van der Waals surface area contributed by atoms with Crippen LogP contribution in [0.25, 0.3) is 0 Å². The van der Waals surface area contributed by atoms with E-state index in [0.717, 1.165) is 29.7 Å². The number of rotatable bonds is 7. The molecular weight excluding hydrogens is 344 g/mol. The fraction of sp³-hybridized carbons (Fsp3) is 0.600. The van der Waals surface area contributed by atoms with Gasteiger partial charge in [0.15, 0.2) is 5.96 Å². The second-order valence-electron chi connectivity index (χ2n) is 6.66. The van der Waals surface area contributed by atoms with E-state index in [1.807, 2.05) is 36.0 Å². The molecular formula is C20H32N4OS. The fourth-order valence-corrected chi connectivity index (χ4v) is 4.14. The number of carbonyl (C=O) groups is 1. The Hall–Kier alpha value is -1.69. The summed E-state index contributed by atoms with van der Waals surface area (Å²) < 4.78 is 0. The molecule has 3 N–H and O–H groups in total. The summed E-state index contributed by atoms with van der Waals surface area (Å²) in [5, 5.41) is 10.4. The molecule has 2 rings (SSSR count). The van der Waals surface area contributed by atoms with Gasteiger partial charge in [0.05, 0.1) is 0 Å². The molecule has 6 heteroatoms. The summed E-state index contributed by atoms with van der Waals surface area (Å²) in [4.78, 5) is 16.5. The molecule has 144 valence electrons. The van der Waals surface area contributed by atoms with Gasteiger partial charge in [-0.1, -0.05) is 18.6 Å². The third-order valence-electron chi connectivity index (χ3n) is 4.73. The molecule has 1 aromatic rings. The lowest BCUT2D eigenvalue weighted by Crippen LogP contribution is -2.45. The number of nitrogens with one attached hydrogen (secondary N) is 3. The van der Waals surface area contributed by atoms with Crippen LogP contribution >= 0.6 is 11.8 Å². The minimum absolute atomic E-state index is 0.0500. The first-order chi connectivity index (χ1) is 12.7. The lowest BCUT2D eigenvalue weighted by atomic mass is 9.95. The van der Waals surface area contributed by atoms with Crippen molar-refractivity contribution >= 4 is 23.6 Å². The van der Waals surface area contributed by atoms with Gasteiger partial charge in [0, 0.05) is 37.0 Å². The molecule has 1 amide bonds. The van der Waals surface area contributed by atoms with Crippen molar-refractivity contribution in [3.05, 3.63) is 35.4 Å². The summed E-state index contributed by atoms with van der Waals surface area (Å²) in [6.45, 7) is 3.65. The molecule has 26 heavy (non-hydrogen) atoms. The third-order valence-corrected chi connectivity index (χ3v) is 5.83. The molecule has 1 saturated carbocycles. The molecule has 1 aliphatic carbocycles. The summed E-state index contributed by atoms with van der Waals surface area (Å²) >= 11 is 1.98. The molecule has 0 radical (unpaired) electrons. The Kier molecular flexibility index (Phi) is 8.81. The Balaban J connectivity index is 1.91. The monoisotopic (exact) mass is 376 g/mol. The number of nitrogens with zero attached hydrogens (tertiary/aromatic N) is 1. The van der Waals surface area contributed by atoms with Crippen molar-refractivity contribution in [1.82, 2.24) is 16.0 Å². The van der Waals surface area contributed by atoms with E-state index in [0.29, 0.717) is 18.2 Å².